The van der Waals surface area contributed by atoms with Gasteiger partial charge in [-0.1, -0.05) is 31.2 Å². The standard InChI is InChI=1S/C23H26F3N5O4/c1-2-30-11-3-4-18(30)13-27-21(32)16-7-10-20(19(12-16)31(33)34)35-14-15-5-8-17(9-6-15)22(28-29-22)23(24,25)26/h5-10,12,18,28-29H,2-4,11,13-14H2,1H3,(H,27,32). The minimum Gasteiger partial charge on any atom is -0.482 e. The van der Waals surface area contributed by atoms with Gasteiger partial charge in [-0.25, -0.2) is 10.9 Å². The number of amides is 1. The highest BCUT2D eigenvalue weighted by molar-refractivity contribution is 5.95. The summed E-state index contributed by atoms with van der Waals surface area (Å²) < 4.78 is 45.1. The van der Waals surface area contributed by atoms with Crippen molar-refractivity contribution in [2.24, 2.45) is 0 Å². The van der Waals surface area contributed by atoms with Gasteiger partial charge in [0.2, 0.25) is 5.66 Å². The van der Waals surface area contributed by atoms with E-state index in [0.29, 0.717) is 12.1 Å². The van der Waals surface area contributed by atoms with Crippen molar-refractivity contribution in [3.05, 3.63) is 69.3 Å². The average Bonchev–Trinajstić information content (AvgIpc) is 3.54. The Labute approximate surface area is 199 Å². The molecule has 2 fully saturated rings. The van der Waals surface area contributed by atoms with Gasteiger partial charge in [0, 0.05) is 24.2 Å². The monoisotopic (exact) mass is 493 g/mol. The van der Waals surface area contributed by atoms with E-state index in [1.54, 1.807) is 0 Å². The molecule has 2 saturated heterocycles. The first-order chi connectivity index (χ1) is 16.6. The number of likely N-dealkylation sites (tertiary alicyclic amines) is 1. The highest BCUT2D eigenvalue weighted by atomic mass is 19.4. The average molecular weight is 493 g/mol. The van der Waals surface area contributed by atoms with Gasteiger partial charge in [0.15, 0.2) is 5.75 Å². The summed E-state index contributed by atoms with van der Waals surface area (Å²) in [5.74, 6) is -0.444. The number of nitrogens with one attached hydrogen (secondary N) is 3. The maximum Gasteiger partial charge on any atom is 0.426 e. The molecule has 2 aromatic rings. The molecule has 2 aliphatic rings. The Hall–Kier alpha value is -3.22. The maximum atomic E-state index is 13.2. The lowest BCUT2D eigenvalue weighted by Gasteiger charge is -2.22. The van der Waals surface area contributed by atoms with Crippen LogP contribution in [0.3, 0.4) is 0 Å². The van der Waals surface area contributed by atoms with Gasteiger partial charge in [-0.05, 0) is 49.2 Å². The SMILES string of the molecule is CCN1CCCC1CNC(=O)c1ccc(OCc2ccc(C3(C(F)(F)F)NN3)cc2)c([N+](=O)[O-])c1. The minimum atomic E-state index is -4.51. The molecule has 35 heavy (non-hydrogen) atoms. The zero-order chi connectivity index (χ0) is 25.2. The Morgan fingerprint density at radius 1 is 1.26 bits per heavy atom. The molecule has 1 atom stereocenters. The molecule has 4 rings (SSSR count). The number of carbonyl (C=O) groups excluding carboxylic acids is 1. The largest absolute Gasteiger partial charge is 0.482 e. The van der Waals surface area contributed by atoms with Gasteiger partial charge in [0.25, 0.3) is 5.91 Å². The fourth-order valence-electron chi connectivity index (χ4n) is 4.30. The molecule has 2 aliphatic heterocycles. The number of nitro groups is 1. The van der Waals surface area contributed by atoms with E-state index in [-0.39, 0.29) is 35.2 Å². The van der Waals surface area contributed by atoms with Crippen molar-refractivity contribution >= 4 is 11.6 Å². The topological polar surface area (TPSA) is 129 Å². The summed E-state index contributed by atoms with van der Waals surface area (Å²) in [5.41, 5.74) is 2.31. The number of nitro benzene ring substituents is 1. The van der Waals surface area contributed by atoms with Crippen molar-refractivity contribution in [3.63, 3.8) is 0 Å². The molecular weight excluding hydrogens is 467 g/mol. The van der Waals surface area contributed by atoms with Gasteiger partial charge in [-0.3, -0.25) is 19.8 Å². The lowest BCUT2D eigenvalue weighted by atomic mass is 10.0. The second-order valence-corrected chi connectivity index (χ2v) is 8.56. The third kappa shape index (κ3) is 5.24. The number of ether oxygens (including phenoxy) is 1. The van der Waals surface area contributed by atoms with Gasteiger partial charge in [0.05, 0.1) is 4.92 Å². The molecule has 0 saturated carbocycles. The molecule has 12 heteroatoms. The van der Waals surface area contributed by atoms with Gasteiger partial charge < -0.3 is 10.1 Å². The van der Waals surface area contributed by atoms with Crippen LogP contribution >= 0.6 is 0 Å². The van der Waals surface area contributed by atoms with Crippen molar-refractivity contribution in [2.75, 3.05) is 19.6 Å². The van der Waals surface area contributed by atoms with E-state index in [1.165, 1.54) is 36.4 Å². The zero-order valence-electron chi connectivity index (χ0n) is 19.0. The van der Waals surface area contributed by atoms with Crippen LogP contribution in [0.4, 0.5) is 18.9 Å². The summed E-state index contributed by atoms with van der Waals surface area (Å²) in [5, 5.41) is 14.4. The summed E-state index contributed by atoms with van der Waals surface area (Å²) in [6.07, 6.45) is -2.44. The maximum absolute atomic E-state index is 13.2. The molecule has 1 unspecified atom stereocenters. The number of halogens is 3. The molecule has 0 radical (unpaired) electrons. The van der Waals surface area contributed by atoms with Crippen molar-refractivity contribution in [3.8, 4) is 5.75 Å². The Morgan fingerprint density at radius 3 is 2.57 bits per heavy atom. The van der Waals surface area contributed by atoms with Crippen LogP contribution in [0.15, 0.2) is 42.5 Å². The first kappa shape index (κ1) is 24.9. The Balaban J connectivity index is 1.39. The number of hydrogen-bond acceptors (Lipinski definition) is 7. The fraction of sp³-hybridized carbons (Fsp3) is 0.435. The summed E-state index contributed by atoms with van der Waals surface area (Å²) in [6, 6.07) is 9.76. The number of likely N-dealkylation sites (N-methyl/N-ethyl adjacent to an activating group) is 1. The number of hydrogen-bond donors (Lipinski definition) is 3. The number of carbonyl (C=O) groups is 1. The second-order valence-electron chi connectivity index (χ2n) is 8.56. The quantitative estimate of drug-likeness (QED) is 0.278. The van der Waals surface area contributed by atoms with Crippen molar-refractivity contribution < 1.29 is 27.6 Å². The molecule has 188 valence electrons. The highest BCUT2D eigenvalue weighted by Gasteiger charge is 2.65. The first-order valence-electron chi connectivity index (χ1n) is 11.3. The fourth-order valence-corrected chi connectivity index (χ4v) is 4.30. The predicted molar refractivity (Wildman–Crippen MR) is 120 cm³/mol. The first-order valence-corrected chi connectivity index (χ1v) is 11.3. The van der Waals surface area contributed by atoms with E-state index in [2.05, 4.69) is 28.0 Å². The second kappa shape index (κ2) is 9.80. The summed E-state index contributed by atoms with van der Waals surface area (Å²) in [6.45, 7) is 4.33. The highest BCUT2D eigenvalue weighted by Crippen LogP contribution is 2.42. The molecule has 0 bridgehead atoms. The van der Waals surface area contributed by atoms with E-state index >= 15 is 0 Å². The van der Waals surface area contributed by atoms with Crippen molar-refractivity contribution in [1.29, 1.82) is 0 Å². The molecule has 9 nitrogen and oxygen atoms in total. The van der Waals surface area contributed by atoms with Crippen LogP contribution in [0, 0.1) is 10.1 Å². The molecule has 0 spiro atoms. The summed E-state index contributed by atoms with van der Waals surface area (Å²) in [4.78, 5) is 25.8. The van der Waals surface area contributed by atoms with Crippen LogP contribution in [0.1, 0.15) is 41.3 Å². The summed E-state index contributed by atoms with van der Waals surface area (Å²) in [7, 11) is 0. The Bertz CT molecular complexity index is 1090. The van der Waals surface area contributed by atoms with Crippen LogP contribution in [-0.4, -0.2) is 47.6 Å². The van der Waals surface area contributed by atoms with Crippen molar-refractivity contribution in [1.82, 2.24) is 21.1 Å². The van der Waals surface area contributed by atoms with Crippen LogP contribution in [0.25, 0.3) is 0 Å². The van der Waals surface area contributed by atoms with Crippen LogP contribution < -0.4 is 20.9 Å². The van der Waals surface area contributed by atoms with Gasteiger partial charge in [-0.2, -0.15) is 13.2 Å². The number of rotatable bonds is 9. The van der Waals surface area contributed by atoms with Gasteiger partial charge in [-0.15, -0.1) is 0 Å². The lowest BCUT2D eigenvalue weighted by molar-refractivity contribution is -0.386. The molecular formula is C23H26F3N5O4. The van der Waals surface area contributed by atoms with Crippen molar-refractivity contribution in [2.45, 2.75) is 44.3 Å². The van der Waals surface area contributed by atoms with E-state index < -0.39 is 22.7 Å². The van der Waals surface area contributed by atoms with Crippen LogP contribution in [0.2, 0.25) is 0 Å². The number of nitrogens with zero attached hydrogens (tertiary/aromatic N) is 2. The van der Waals surface area contributed by atoms with E-state index in [4.69, 9.17) is 4.74 Å². The molecule has 3 N–H and O–H groups in total. The molecule has 0 aromatic heterocycles. The molecule has 0 aliphatic carbocycles. The number of benzene rings is 2. The minimum absolute atomic E-state index is 0.00485. The molecule has 2 aromatic carbocycles. The van der Waals surface area contributed by atoms with Gasteiger partial charge in [0.1, 0.15) is 6.61 Å². The molecule has 2 heterocycles. The smallest absolute Gasteiger partial charge is 0.426 e. The third-order valence-corrected chi connectivity index (χ3v) is 6.40. The Morgan fingerprint density at radius 2 is 1.97 bits per heavy atom. The van der Waals surface area contributed by atoms with E-state index in [9.17, 15) is 28.1 Å². The third-order valence-electron chi connectivity index (χ3n) is 6.40. The van der Waals surface area contributed by atoms with E-state index in [0.717, 1.165) is 32.0 Å². The molecule has 1 amide bonds. The van der Waals surface area contributed by atoms with E-state index in [1.807, 2.05) is 0 Å². The predicted octanol–water partition coefficient (Wildman–Crippen LogP) is 3.21. The van der Waals surface area contributed by atoms with Gasteiger partial charge >= 0.3 is 11.9 Å². The number of hydrazine groups is 1. The zero-order valence-corrected chi connectivity index (χ0v) is 19.0. The Kier molecular flexibility index (Phi) is 6.97. The van der Waals surface area contributed by atoms with Crippen LogP contribution in [0.5, 0.6) is 5.75 Å². The van der Waals surface area contributed by atoms with Crippen LogP contribution in [-0.2, 0) is 12.3 Å². The number of alkyl halides is 3. The summed E-state index contributed by atoms with van der Waals surface area (Å²) >= 11 is 0. The lowest BCUT2D eigenvalue weighted by Crippen LogP contribution is -2.40. The normalized spacial score (nSPS) is 19.4.